The lowest BCUT2D eigenvalue weighted by Gasteiger charge is -2.28. The fraction of sp³-hybridized carbons (Fsp3) is 0.400. The van der Waals surface area contributed by atoms with Crippen molar-refractivity contribution in [3.63, 3.8) is 0 Å². The fourth-order valence-electron chi connectivity index (χ4n) is 3.16. The summed E-state index contributed by atoms with van der Waals surface area (Å²) in [4.78, 5) is 0. The zero-order valence-electron chi connectivity index (χ0n) is 13.3. The minimum Gasteiger partial charge on any atom is -0.486 e. The maximum atomic E-state index is 6.34. The van der Waals surface area contributed by atoms with Crippen molar-refractivity contribution in [3.05, 3.63) is 65.7 Å². The Morgan fingerprint density at radius 2 is 1.95 bits per heavy atom. The van der Waals surface area contributed by atoms with Crippen LogP contribution in [0.15, 0.2) is 54.6 Å². The molecule has 0 aliphatic carbocycles. The van der Waals surface area contributed by atoms with Crippen LogP contribution in [0.25, 0.3) is 0 Å². The van der Waals surface area contributed by atoms with Crippen LogP contribution in [0.4, 0.5) is 0 Å². The van der Waals surface area contributed by atoms with Crippen molar-refractivity contribution in [1.29, 1.82) is 0 Å². The molecular weight excluding hydrogens is 270 g/mol. The molecule has 2 atom stereocenters. The molecule has 2 nitrogen and oxygen atoms in total. The van der Waals surface area contributed by atoms with E-state index >= 15 is 0 Å². The Kier molecular flexibility index (Phi) is 5.12. The summed E-state index contributed by atoms with van der Waals surface area (Å²) in [7, 11) is 0. The van der Waals surface area contributed by atoms with Crippen LogP contribution in [-0.4, -0.2) is 12.6 Å². The second kappa shape index (κ2) is 7.46. The zero-order valence-corrected chi connectivity index (χ0v) is 13.3. The smallest absolute Gasteiger partial charge is 0.125 e. The highest BCUT2D eigenvalue weighted by Crippen LogP contribution is 2.28. The van der Waals surface area contributed by atoms with E-state index in [2.05, 4.69) is 66.8 Å². The van der Waals surface area contributed by atoms with Gasteiger partial charge in [0.15, 0.2) is 0 Å². The minimum absolute atomic E-state index is 0.110. The van der Waals surface area contributed by atoms with Crippen LogP contribution in [-0.2, 0) is 0 Å². The molecule has 1 aliphatic heterocycles. The number of piperidine rings is 1. The molecule has 1 N–H and O–H groups in total. The molecule has 0 amide bonds. The van der Waals surface area contributed by atoms with Crippen molar-refractivity contribution in [2.75, 3.05) is 6.54 Å². The van der Waals surface area contributed by atoms with Gasteiger partial charge in [0.05, 0.1) is 0 Å². The minimum atomic E-state index is 0.110. The summed E-state index contributed by atoms with van der Waals surface area (Å²) in [6, 6.07) is 19.5. The molecule has 0 aromatic heterocycles. The van der Waals surface area contributed by atoms with E-state index in [-0.39, 0.29) is 6.10 Å². The summed E-state index contributed by atoms with van der Waals surface area (Å²) in [5.41, 5.74) is 2.50. The molecule has 2 unspecified atom stereocenters. The summed E-state index contributed by atoms with van der Waals surface area (Å²) in [6.07, 6.45) is 5.01. The third-order valence-electron chi connectivity index (χ3n) is 4.35. The second-order valence-electron chi connectivity index (χ2n) is 6.22. The summed E-state index contributed by atoms with van der Waals surface area (Å²) in [5.74, 6) is 0.963. The van der Waals surface area contributed by atoms with Gasteiger partial charge in [0.25, 0.3) is 0 Å². The first-order valence-corrected chi connectivity index (χ1v) is 8.33. The summed E-state index contributed by atoms with van der Waals surface area (Å²) in [6.45, 7) is 3.24. The van der Waals surface area contributed by atoms with E-state index in [4.69, 9.17) is 4.74 Å². The number of hydrogen-bond acceptors (Lipinski definition) is 2. The van der Waals surface area contributed by atoms with E-state index in [1.165, 1.54) is 30.4 Å². The quantitative estimate of drug-likeness (QED) is 0.867. The van der Waals surface area contributed by atoms with Crippen molar-refractivity contribution in [2.45, 2.75) is 44.8 Å². The predicted molar refractivity (Wildman–Crippen MR) is 91.2 cm³/mol. The van der Waals surface area contributed by atoms with Gasteiger partial charge in [-0.05, 0) is 49.6 Å². The fourth-order valence-corrected chi connectivity index (χ4v) is 3.16. The third kappa shape index (κ3) is 4.11. The molecule has 0 saturated carbocycles. The highest BCUT2D eigenvalue weighted by Gasteiger charge is 2.21. The number of hydrogen-bond donors (Lipinski definition) is 1. The van der Waals surface area contributed by atoms with Crippen molar-refractivity contribution in [2.24, 2.45) is 0 Å². The largest absolute Gasteiger partial charge is 0.486 e. The average molecular weight is 295 g/mol. The van der Waals surface area contributed by atoms with Gasteiger partial charge in [-0.2, -0.15) is 0 Å². The number of ether oxygens (including phenoxy) is 1. The molecule has 1 heterocycles. The molecule has 116 valence electrons. The maximum Gasteiger partial charge on any atom is 0.125 e. The molecule has 3 rings (SSSR count). The lowest BCUT2D eigenvalue weighted by molar-refractivity contribution is 0.169. The molecule has 1 fully saturated rings. The zero-order chi connectivity index (χ0) is 15.2. The van der Waals surface area contributed by atoms with Crippen LogP contribution in [0.1, 0.15) is 42.9 Å². The van der Waals surface area contributed by atoms with Gasteiger partial charge >= 0.3 is 0 Å². The van der Waals surface area contributed by atoms with Gasteiger partial charge in [-0.15, -0.1) is 0 Å². The highest BCUT2D eigenvalue weighted by molar-refractivity contribution is 5.29. The Bertz CT molecular complexity index is 575. The Hall–Kier alpha value is -1.80. The first kappa shape index (κ1) is 15.1. The topological polar surface area (TPSA) is 21.3 Å². The normalized spacial score (nSPS) is 19.6. The van der Waals surface area contributed by atoms with Crippen LogP contribution < -0.4 is 10.1 Å². The van der Waals surface area contributed by atoms with Gasteiger partial charge in [-0.1, -0.05) is 48.9 Å². The Morgan fingerprint density at radius 3 is 2.68 bits per heavy atom. The van der Waals surface area contributed by atoms with Gasteiger partial charge < -0.3 is 10.1 Å². The van der Waals surface area contributed by atoms with Crippen molar-refractivity contribution in [1.82, 2.24) is 5.32 Å². The van der Waals surface area contributed by atoms with Gasteiger partial charge in [0.2, 0.25) is 0 Å². The Labute approximate surface area is 133 Å². The van der Waals surface area contributed by atoms with Crippen LogP contribution in [0.5, 0.6) is 5.75 Å². The summed E-state index contributed by atoms with van der Waals surface area (Å²) in [5, 5.41) is 3.64. The molecule has 22 heavy (non-hydrogen) atoms. The number of nitrogens with one attached hydrogen (secondary N) is 1. The number of rotatable bonds is 5. The molecule has 2 heteroatoms. The molecule has 2 aromatic rings. The number of benzene rings is 2. The van der Waals surface area contributed by atoms with E-state index in [1.54, 1.807) is 0 Å². The van der Waals surface area contributed by atoms with Crippen LogP contribution >= 0.6 is 0 Å². The van der Waals surface area contributed by atoms with Gasteiger partial charge in [-0.25, -0.2) is 0 Å². The lowest BCUT2D eigenvalue weighted by atomic mass is 9.95. The van der Waals surface area contributed by atoms with Gasteiger partial charge in [-0.3, -0.25) is 0 Å². The van der Waals surface area contributed by atoms with Crippen LogP contribution in [0, 0.1) is 6.92 Å². The van der Waals surface area contributed by atoms with Gasteiger partial charge in [0.1, 0.15) is 11.9 Å². The first-order chi connectivity index (χ1) is 10.8. The molecule has 0 bridgehead atoms. The van der Waals surface area contributed by atoms with E-state index in [0.717, 1.165) is 18.7 Å². The van der Waals surface area contributed by atoms with E-state index in [1.807, 2.05) is 0 Å². The molecule has 2 aromatic carbocycles. The van der Waals surface area contributed by atoms with E-state index in [9.17, 15) is 0 Å². The third-order valence-corrected chi connectivity index (χ3v) is 4.35. The highest BCUT2D eigenvalue weighted by atomic mass is 16.5. The molecule has 1 aliphatic rings. The standard InChI is InChI=1S/C20H25NO/c1-16-8-7-12-19(14-16)22-20(17-9-3-2-4-10-17)15-18-11-5-6-13-21-18/h2-4,7-10,12,14,18,20-21H,5-6,11,13,15H2,1H3. The average Bonchev–Trinajstić information content (AvgIpc) is 2.56. The van der Waals surface area contributed by atoms with Crippen LogP contribution in [0.3, 0.4) is 0 Å². The van der Waals surface area contributed by atoms with E-state index < -0.39 is 0 Å². The Morgan fingerprint density at radius 1 is 1.09 bits per heavy atom. The van der Waals surface area contributed by atoms with Crippen molar-refractivity contribution in [3.8, 4) is 5.75 Å². The SMILES string of the molecule is Cc1cccc(OC(CC2CCCCN2)c2ccccc2)c1. The predicted octanol–water partition coefficient (Wildman–Crippen LogP) is 4.65. The monoisotopic (exact) mass is 295 g/mol. The summed E-state index contributed by atoms with van der Waals surface area (Å²) < 4.78 is 6.34. The van der Waals surface area contributed by atoms with Crippen molar-refractivity contribution < 1.29 is 4.74 Å². The van der Waals surface area contributed by atoms with Gasteiger partial charge in [0, 0.05) is 12.5 Å². The first-order valence-electron chi connectivity index (χ1n) is 8.33. The molecular formula is C20H25NO. The second-order valence-corrected chi connectivity index (χ2v) is 6.22. The number of aryl methyl sites for hydroxylation is 1. The van der Waals surface area contributed by atoms with Crippen LogP contribution in [0.2, 0.25) is 0 Å². The van der Waals surface area contributed by atoms with E-state index in [0.29, 0.717) is 6.04 Å². The molecule has 0 radical (unpaired) electrons. The van der Waals surface area contributed by atoms with Crippen molar-refractivity contribution >= 4 is 0 Å². The molecule has 0 spiro atoms. The summed E-state index contributed by atoms with van der Waals surface area (Å²) >= 11 is 0. The maximum absolute atomic E-state index is 6.34. The Balaban J connectivity index is 1.76. The lowest BCUT2D eigenvalue weighted by Crippen LogP contribution is -2.36. The molecule has 1 saturated heterocycles.